The average molecular weight is 504 g/mol. The number of carbonyl (C=O) groups is 1. The number of ether oxygens (including phenoxy) is 1. The molecule has 0 atom stereocenters. The Morgan fingerprint density at radius 2 is 1.81 bits per heavy atom. The number of hydrogen-bond acceptors (Lipinski definition) is 8. The van der Waals surface area contributed by atoms with Crippen LogP contribution in [0.1, 0.15) is 18.6 Å². The van der Waals surface area contributed by atoms with E-state index in [0.717, 1.165) is 72.3 Å². The predicted octanol–water partition coefficient (Wildman–Crippen LogP) is 1.62. The van der Waals surface area contributed by atoms with Gasteiger partial charge in [-0.05, 0) is 12.1 Å². The fourth-order valence-electron chi connectivity index (χ4n) is 5.27. The molecule has 0 N–H and O–H groups in total. The largest absolute Gasteiger partial charge is 0.378 e. The second-order valence-electron chi connectivity index (χ2n) is 10.0. The van der Waals surface area contributed by atoms with Crippen LogP contribution in [-0.2, 0) is 29.5 Å². The molecule has 2 aliphatic heterocycles. The summed E-state index contributed by atoms with van der Waals surface area (Å²) >= 11 is 0. The predicted molar refractivity (Wildman–Crippen MR) is 141 cm³/mol. The Balaban J connectivity index is 1.42. The average Bonchev–Trinajstić information content (AvgIpc) is 3.42. The SMILES string of the molecule is CCc1nc2ccccc2n1-c1nc(N2CCOCC2)c2nc(CN3CC(C(=O)N(C)C)C3)n(C)c2n1. The lowest BCUT2D eigenvalue weighted by atomic mass is 9.99. The van der Waals surface area contributed by atoms with E-state index in [1.54, 1.807) is 4.90 Å². The van der Waals surface area contributed by atoms with Crippen molar-refractivity contribution in [2.45, 2.75) is 19.9 Å². The van der Waals surface area contributed by atoms with Crippen LogP contribution >= 0.6 is 0 Å². The normalized spacial score (nSPS) is 17.0. The van der Waals surface area contributed by atoms with Crippen molar-refractivity contribution in [3.05, 3.63) is 35.9 Å². The first-order valence-electron chi connectivity index (χ1n) is 12.9. The number of nitrogens with zero attached hydrogens (tertiary/aromatic N) is 9. The first-order valence-corrected chi connectivity index (χ1v) is 12.9. The Labute approximate surface area is 215 Å². The van der Waals surface area contributed by atoms with E-state index in [1.165, 1.54) is 0 Å². The summed E-state index contributed by atoms with van der Waals surface area (Å²) in [5, 5.41) is 0. The van der Waals surface area contributed by atoms with Gasteiger partial charge in [-0.15, -0.1) is 0 Å². The van der Waals surface area contributed by atoms with Crippen molar-refractivity contribution in [2.24, 2.45) is 13.0 Å². The Hall–Kier alpha value is -3.57. The van der Waals surface area contributed by atoms with Gasteiger partial charge in [0.05, 0.1) is 36.7 Å². The Morgan fingerprint density at radius 3 is 2.54 bits per heavy atom. The van der Waals surface area contributed by atoms with Crippen LogP contribution in [0.4, 0.5) is 5.82 Å². The molecular formula is C26H33N9O2. The van der Waals surface area contributed by atoms with Gasteiger partial charge in [0.25, 0.3) is 0 Å². The summed E-state index contributed by atoms with van der Waals surface area (Å²) in [6.07, 6.45) is 0.765. The van der Waals surface area contributed by atoms with Crippen LogP contribution in [0, 0.1) is 5.92 Å². The molecule has 3 aromatic heterocycles. The second kappa shape index (κ2) is 9.38. The Morgan fingerprint density at radius 1 is 1.05 bits per heavy atom. The molecule has 11 heteroatoms. The van der Waals surface area contributed by atoms with Crippen LogP contribution in [0.5, 0.6) is 0 Å². The minimum atomic E-state index is 0.0574. The van der Waals surface area contributed by atoms with Crippen LogP contribution in [-0.4, -0.2) is 98.3 Å². The monoisotopic (exact) mass is 503 g/mol. The van der Waals surface area contributed by atoms with Gasteiger partial charge in [0.2, 0.25) is 11.9 Å². The highest BCUT2D eigenvalue weighted by molar-refractivity contribution is 5.86. The summed E-state index contributed by atoms with van der Waals surface area (Å²) in [6.45, 7) is 7.07. The topological polar surface area (TPSA) is 97.4 Å². The lowest BCUT2D eigenvalue weighted by Gasteiger charge is -2.38. The lowest BCUT2D eigenvalue weighted by Crippen LogP contribution is -2.52. The van der Waals surface area contributed by atoms with Crippen LogP contribution in [0.15, 0.2) is 24.3 Å². The third-order valence-electron chi connectivity index (χ3n) is 7.35. The number of aryl methyl sites for hydroxylation is 2. The van der Waals surface area contributed by atoms with Crippen molar-refractivity contribution in [2.75, 3.05) is 58.4 Å². The summed E-state index contributed by atoms with van der Waals surface area (Å²) in [6, 6.07) is 8.11. The number of hydrogen-bond donors (Lipinski definition) is 0. The molecule has 4 aromatic rings. The maximum absolute atomic E-state index is 12.3. The van der Waals surface area contributed by atoms with Crippen molar-refractivity contribution in [1.82, 2.24) is 38.9 Å². The molecule has 37 heavy (non-hydrogen) atoms. The second-order valence-corrected chi connectivity index (χ2v) is 10.0. The third-order valence-corrected chi connectivity index (χ3v) is 7.35. The van der Waals surface area contributed by atoms with Crippen molar-refractivity contribution in [1.29, 1.82) is 0 Å². The van der Waals surface area contributed by atoms with Crippen LogP contribution in [0.2, 0.25) is 0 Å². The highest BCUT2D eigenvalue weighted by atomic mass is 16.5. The maximum Gasteiger partial charge on any atom is 0.239 e. The molecule has 5 heterocycles. The molecule has 6 rings (SSSR count). The van der Waals surface area contributed by atoms with Crippen LogP contribution in [0.25, 0.3) is 28.1 Å². The molecule has 2 fully saturated rings. The summed E-state index contributed by atoms with van der Waals surface area (Å²) in [4.78, 5) is 38.5. The first-order chi connectivity index (χ1) is 17.9. The van der Waals surface area contributed by atoms with Gasteiger partial charge >= 0.3 is 0 Å². The highest BCUT2D eigenvalue weighted by Crippen LogP contribution is 2.29. The van der Waals surface area contributed by atoms with E-state index in [0.29, 0.717) is 25.7 Å². The fourth-order valence-corrected chi connectivity index (χ4v) is 5.27. The van der Waals surface area contributed by atoms with Crippen molar-refractivity contribution >= 4 is 33.9 Å². The van der Waals surface area contributed by atoms with Crippen molar-refractivity contribution < 1.29 is 9.53 Å². The van der Waals surface area contributed by atoms with E-state index < -0.39 is 0 Å². The number of para-hydroxylation sites is 2. The zero-order valence-corrected chi connectivity index (χ0v) is 21.9. The van der Waals surface area contributed by atoms with Gasteiger partial charge in [-0.25, -0.2) is 9.97 Å². The molecule has 194 valence electrons. The molecule has 0 saturated carbocycles. The smallest absolute Gasteiger partial charge is 0.239 e. The number of anilines is 1. The summed E-state index contributed by atoms with van der Waals surface area (Å²) in [5.74, 6) is 3.52. The molecule has 0 unspecified atom stereocenters. The molecule has 0 radical (unpaired) electrons. The summed E-state index contributed by atoms with van der Waals surface area (Å²) < 4.78 is 9.75. The fraction of sp³-hybridized carbons (Fsp3) is 0.500. The minimum Gasteiger partial charge on any atom is -0.378 e. The standard InChI is InChI=1S/C26H33N9O2/c1-5-20-27-18-8-6-7-9-19(18)35(20)26-29-23-22(24(30-26)34-10-12-37-13-11-34)28-21(32(23)4)16-33-14-17(15-33)25(36)31(2)3/h6-9,17H,5,10-16H2,1-4H3. The zero-order chi connectivity index (χ0) is 25.7. The van der Waals surface area contributed by atoms with Gasteiger partial charge < -0.3 is 19.1 Å². The van der Waals surface area contributed by atoms with Crippen LogP contribution < -0.4 is 4.90 Å². The maximum atomic E-state index is 12.3. The molecule has 2 saturated heterocycles. The van der Waals surface area contributed by atoms with Crippen LogP contribution in [0.3, 0.4) is 0 Å². The molecule has 0 bridgehead atoms. The number of rotatable bonds is 6. The Bertz CT molecular complexity index is 1460. The van der Waals surface area contributed by atoms with E-state index in [4.69, 9.17) is 24.7 Å². The van der Waals surface area contributed by atoms with E-state index in [9.17, 15) is 4.79 Å². The molecule has 2 aliphatic rings. The number of aromatic nitrogens is 6. The van der Waals surface area contributed by atoms with Gasteiger partial charge in [0.15, 0.2) is 17.0 Å². The number of morpholine rings is 1. The quantitative estimate of drug-likeness (QED) is 0.392. The first kappa shape index (κ1) is 23.8. The minimum absolute atomic E-state index is 0.0574. The van der Waals surface area contributed by atoms with Gasteiger partial charge in [-0.1, -0.05) is 19.1 Å². The number of likely N-dealkylation sites (tertiary alicyclic amines) is 1. The molecular weight excluding hydrogens is 470 g/mol. The van der Waals surface area contributed by atoms with E-state index in [2.05, 4.69) is 31.9 Å². The third kappa shape index (κ3) is 4.11. The molecule has 0 aliphatic carbocycles. The number of benzene rings is 1. The highest BCUT2D eigenvalue weighted by Gasteiger charge is 2.34. The Kier molecular flexibility index (Phi) is 6.04. The summed E-state index contributed by atoms with van der Waals surface area (Å²) in [7, 11) is 5.64. The van der Waals surface area contributed by atoms with Crippen molar-refractivity contribution in [3.63, 3.8) is 0 Å². The van der Waals surface area contributed by atoms with Gasteiger partial charge in [-0.3, -0.25) is 14.3 Å². The van der Waals surface area contributed by atoms with Gasteiger partial charge in [0.1, 0.15) is 11.6 Å². The number of imidazole rings is 2. The number of fused-ring (bicyclic) bond motifs is 2. The molecule has 1 aromatic carbocycles. The number of carbonyl (C=O) groups excluding carboxylic acids is 1. The number of amides is 1. The van der Waals surface area contributed by atoms with Crippen molar-refractivity contribution in [3.8, 4) is 5.95 Å². The lowest BCUT2D eigenvalue weighted by molar-refractivity contribution is -0.138. The van der Waals surface area contributed by atoms with E-state index in [-0.39, 0.29) is 11.8 Å². The molecule has 0 spiro atoms. The summed E-state index contributed by atoms with van der Waals surface area (Å²) in [5.41, 5.74) is 3.52. The van der Waals surface area contributed by atoms with E-state index in [1.807, 2.05) is 39.3 Å². The van der Waals surface area contributed by atoms with E-state index >= 15 is 0 Å². The molecule has 1 amide bonds. The zero-order valence-electron chi connectivity index (χ0n) is 21.9. The van der Waals surface area contributed by atoms with Gasteiger partial charge in [-0.2, -0.15) is 9.97 Å². The molecule has 11 nitrogen and oxygen atoms in total. The van der Waals surface area contributed by atoms with Gasteiger partial charge in [0, 0.05) is 53.7 Å².